The first-order valence-electron chi connectivity index (χ1n) is 5.30. The fourth-order valence-corrected chi connectivity index (χ4v) is 2.84. The zero-order chi connectivity index (χ0) is 12.0. The molecule has 0 spiro atoms. The second-order valence-electron chi connectivity index (χ2n) is 3.66. The lowest BCUT2D eigenvalue weighted by atomic mass is 10.3. The first-order chi connectivity index (χ1) is 7.51. The number of sulfonamides is 1. The first-order valence-corrected chi connectivity index (χ1v) is 7.83. The van der Waals surface area contributed by atoms with Crippen molar-refractivity contribution < 1.29 is 8.42 Å². The zero-order valence-electron chi connectivity index (χ0n) is 9.40. The number of aryl methyl sites for hydroxylation is 1. The summed E-state index contributed by atoms with van der Waals surface area (Å²) in [4.78, 5) is 2.61. The maximum Gasteiger partial charge on any atom is 0.210 e. The van der Waals surface area contributed by atoms with Crippen LogP contribution < -0.4 is 10.5 Å². The van der Waals surface area contributed by atoms with E-state index in [1.54, 1.807) is 11.3 Å². The van der Waals surface area contributed by atoms with Gasteiger partial charge in [-0.3, -0.25) is 0 Å². The van der Waals surface area contributed by atoms with Crippen molar-refractivity contribution in [1.29, 1.82) is 0 Å². The molecule has 0 fully saturated rings. The van der Waals surface area contributed by atoms with E-state index in [0.29, 0.717) is 13.1 Å². The highest BCUT2D eigenvalue weighted by molar-refractivity contribution is 7.89. The van der Waals surface area contributed by atoms with Gasteiger partial charge in [0, 0.05) is 22.8 Å². The second kappa shape index (κ2) is 6.34. The molecule has 0 radical (unpaired) electrons. The van der Waals surface area contributed by atoms with E-state index in [0.717, 1.165) is 12.8 Å². The Balaban J connectivity index is 2.26. The van der Waals surface area contributed by atoms with Crippen LogP contribution in [-0.4, -0.2) is 20.7 Å². The van der Waals surface area contributed by atoms with Gasteiger partial charge >= 0.3 is 0 Å². The molecule has 0 aliphatic rings. The Morgan fingerprint density at radius 1 is 1.38 bits per heavy atom. The van der Waals surface area contributed by atoms with Crippen molar-refractivity contribution in [2.45, 2.75) is 26.3 Å². The minimum Gasteiger partial charge on any atom is -0.311 e. The van der Waals surface area contributed by atoms with Gasteiger partial charge in [0.15, 0.2) is 0 Å². The third kappa shape index (κ3) is 5.60. The summed E-state index contributed by atoms with van der Waals surface area (Å²) in [6, 6.07) is 4.21. The Morgan fingerprint density at radius 2 is 2.06 bits per heavy atom. The van der Waals surface area contributed by atoms with Gasteiger partial charge in [0.1, 0.15) is 0 Å². The summed E-state index contributed by atoms with van der Waals surface area (Å²) in [5.74, 6) is -0.0137. The highest BCUT2D eigenvalue weighted by Crippen LogP contribution is 2.17. The number of hydrogen-bond donors (Lipinski definition) is 2. The normalized spacial score (nSPS) is 11.9. The molecule has 0 bridgehead atoms. The summed E-state index contributed by atoms with van der Waals surface area (Å²) >= 11 is 1.77. The van der Waals surface area contributed by atoms with E-state index >= 15 is 0 Å². The monoisotopic (exact) mass is 262 g/mol. The van der Waals surface area contributed by atoms with Crippen LogP contribution >= 0.6 is 11.3 Å². The molecule has 1 heterocycles. The molecule has 1 aromatic rings. The van der Waals surface area contributed by atoms with Gasteiger partial charge in [-0.15, -0.1) is 11.3 Å². The fourth-order valence-electron chi connectivity index (χ4n) is 1.32. The van der Waals surface area contributed by atoms with Gasteiger partial charge in [0.2, 0.25) is 10.0 Å². The van der Waals surface area contributed by atoms with Crippen molar-refractivity contribution in [2.75, 3.05) is 12.3 Å². The summed E-state index contributed by atoms with van der Waals surface area (Å²) in [6.45, 7) is 3.27. The van der Waals surface area contributed by atoms with Crippen LogP contribution in [0.15, 0.2) is 12.1 Å². The lowest BCUT2D eigenvalue weighted by Gasteiger charge is -2.01. The van der Waals surface area contributed by atoms with Crippen LogP contribution in [0.5, 0.6) is 0 Å². The topological polar surface area (TPSA) is 72.2 Å². The molecule has 0 atom stereocenters. The van der Waals surface area contributed by atoms with Gasteiger partial charge in [-0.25, -0.2) is 13.6 Å². The lowest BCUT2D eigenvalue weighted by Crippen LogP contribution is -2.26. The van der Waals surface area contributed by atoms with Crippen molar-refractivity contribution in [2.24, 2.45) is 5.14 Å². The fraction of sp³-hybridized carbons (Fsp3) is 0.600. The summed E-state index contributed by atoms with van der Waals surface area (Å²) in [7, 11) is -3.34. The Labute approximate surface area is 101 Å². The van der Waals surface area contributed by atoms with Crippen LogP contribution in [0, 0.1) is 0 Å². The van der Waals surface area contributed by atoms with Crippen molar-refractivity contribution in [3.05, 3.63) is 21.9 Å². The van der Waals surface area contributed by atoms with Crippen LogP contribution in [0.1, 0.15) is 23.1 Å². The molecular weight excluding hydrogens is 244 g/mol. The van der Waals surface area contributed by atoms with Crippen LogP contribution in [0.25, 0.3) is 0 Å². The molecule has 1 aromatic heterocycles. The highest BCUT2D eigenvalue weighted by Gasteiger charge is 2.02. The Hall–Kier alpha value is -0.430. The van der Waals surface area contributed by atoms with E-state index in [4.69, 9.17) is 5.14 Å². The number of nitrogens with one attached hydrogen (secondary N) is 1. The third-order valence-electron chi connectivity index (χ3n) is 2.08. The van der Waals surface area contributed by atoms with Gasteiger partial charge in [-0.05, 0) is 18.6 Å². The molecule has 0 saturated carbocycles. The van der Waals surface area contributed by atoms with Gasteiger partial charge in [-0.1, -0.05) is 13.3 Å². The predicted molar refractivity (Wildman–Crippen MR) is 68.0 cm³/mol. The van der Waals surface area contributed by atoms with Crippen LogP contribution in [0.3, 0.4) is 0 Å². The first kappa shape index (κ1) is 13.6. The number of primary sulfonamides is 1. The van der Waals surface area contributed by atoms with Crippen molar-refractivity contribution in [3.8, 4) is 0 Å². The molecule has 0 amide bonds. The van der Waals surface area contributed by atoms with Crippen molar-refractivity contribution in [3.63, 3.8) is 0 Å². The smallest absolute Gasteiger partial charge is 0.210 e. The molecule has 92 valence electrons. The number of nitrogens with two attached hydrogens (primary N) is 1. The van der Waals surface area contributed by atoms with E-state index < -0.39 is 10.0 Å². The Morgan fingerprint density at radius 3 is 2.69 bits per heavy atom. The molecule has 16 heavy (non-hydrogen) atoms. The molecular formula is C10H18N2O2S2. The SMILES string of the molecule is CCCc1ccc(CNCCS(N)(=O)=O)s1. The van der Waals surface area contributed by atoms with E-state index in [9.17, 15) is 8.42 Å². The van der Waals surface area contributed by atoms with E-state index in [-0.39, 0.29) is 5.75 Å². The number of thiophene rings is 1. The average molecular weight is 262 g/mol. The highest BCUT2D eigenvalue weighted by atomic mass is 32.2. The Kier molecular flexibility index (Phi) is 5.40. The average Bonchev–Trinajstić information content (AvgIpc) is 2.60. The Bertz CT molecular complexity index is 412. The van der Waals surface area contributed by atoms with Gasteiger partial charge in [-0.2, -0.15) is 0 Å². The van der Waals surface area contributed by atoms with E-state index in [1.165, 1.54) is 9.75 Å². The van der Waals surface area contributed by atoms with Gasteiger partial charge < -0.3 is 5.32 Å². The number of hydrogen-bond acceptors (Lipinski definition) is 4. The molecule has 3 N–H and O–H groups in total. The summed E-state index contributed by atoms with van der Waals surface area (Å²) in [5.41, 5.74) is 0. The molecule has 1 rings (SSSR count). The molecule has 0 aliphatic heterocycles. The summed E-state index contributed by atoms with van der Waals surface area (Å²) in [5, 5.41) is 7.96. The molecule has 0 unspecified atom stereocenters. The van der Waals surface area contributed by atoms with Gasteiger partial charge in [0.05, 0.1) is 5.75 Å². The molecule has 0 saturated heterocycles. The predicted octanol–water partition coefficient (Wildman–Crippen LogP) is 1.08. The summed E-state index contributed by atoms with van der Waals surface area (Å²) < 4.78 is 21.3. The van der Waals surface area contributed by atoms with Crippen molar-refractivity contribution >= 4 is 21.4 Å². The molecule has 6 heteroatoms. The zero-order valence-corrected chi connectivity index (χ0v) is 11.0. The lowest BCUT2D eigenvalue weighted by molar-refractivity contribution is 0.592. The minimum absolute atomic E-state index is 0.0137. The van der Waals surface area contributed by atoms with E-state index in [2.05, 4.69) is 24.4 Å². The maximum atomic E-state index is 10.7. The largest absolute Gasteiger partial charge is 0.311 e. The number of rotatable bonds is 7. The molecule has 4 nitrogen and oxygen atoms in total. The minimum atomic E-state index is -3.34. The van der Waals surface area contributed by atoms with Crippen LogP contribution in [0.2, 0.25) is 0 Å². The third-order valence-corrected chi connectivity index (χ3v) is 3.99. The van der Waals surface area contributed by atoms with Crippen LogP contribution in [-0.2, 0) is 23.0 Å². The quantitative estimate of drug-likeness (QED) is 0.722. The maximum absolute atomic E-state index is 10.7. The van der Waals surface area contributed by atoms with Gasteiger partial charge in [0.25, 0.3) is 0 Å². The van der Waals surface area contributed by atoms with E-state index in [1.807, 2.05) is 0 Å². The molecule has 0 aliphatic carbocycles. The summed E-state index contributed by atoms with van der Waals surface area (Å²) in [6.07, 6.45) is 2.26. The molecule has 0 aromatic carbocycles. The second-order valence-corrected chi connectivity index (χ2v) is 6.65. The standard InChI is InChI=1S/C10H18N2O2S2/c1-2-3-9-4-5-10(15-9)8-12-6-7-16(11,13)14/h4-5,12H,2-3,6-8H2,1H3,(H2,11,13,14). The van der Waals surface area contributed by atoms with Crippen LogP contribution in [0.4, 0.5) is 0 Å². The van der Waals surface area contributed by atoms with Crippen molar-refractivity contribution in [1.82, 2.24) is 5.32 Å².